The summed E-state index contributed by atoms with van der Waals surface area (Å²) in [5.74, 6) is 2.87. The quantitative estimate of drug-likeness (QED) is 0.803. The second-order valence-corrected chi connectivity index (χ2v) is 8.14. The molecule has 2 heteroatoms. The zero-order valence-corrected chi connectivity index (χ0v) is 14.6. The Hall–Kier alpha value is -1.02. The Kier molecular flexibility index (Phi) is 4.36. The lowest BCUT2D eigenvalue weighted by atomic mass is 9.59. The minimum Gasteiger partial charge on any atom is -0.497 e. The highest BCUT2D eigenvalue weighted by atomic mass is 16.5. The first-order valence-corrected chi connectivity index (χ1v) is 9.67. The summed E-state index contributed by atoms with van der Waals surface area (Å²) in [7, 11) is 1.79. The van der Waals surface area contributed by atoms with Crippen LogP contribution < -0.4 is 4.74 Å². The van der Waals surface area contributed by atoms with E-state index in [2.05, 4.69) is 29.2 Å². The van der Waals surface area contributed by atoms with Crippen molar-refractivity contribution in [1.29, 1.82) is 0 Å². The van der Waals surface area contributed by atoms with Crippen LogP contribution in [-0.4, -0.2) is 31.6 Å². The highest BCUT2D eigenvalue weighted by Crippen LogP contribution is 2.49. The lowest BCUT2D eigenvalue weighted by Gasteiger charge is -2.52. The van der Waals surface area contributed by atoms with Crippen molar-refractivity contribution < 1.29 is 4.74 Å². The number of methoxy groups -OCH3 is 1. The summed E-state index contributed by atoms with van der Waals surface area (Å²) in [5.41, 5.74) is 1.97. The number of ether oxygens (including phenoxy) is 1. The molecule has 1 saturated heterocycles. The van der Waals surface area contributed by atoms with Gasteiger partial charge in [-0.3, -0.25) is 0 Å². The van der Waals surface area contributed by atoms with Gasteiger partial charge in [-0.1, -0.05) is 31.4 Å². The number of likely N-dealkylation sites (tertiary alicyclic amines) is 1. The molecule has 23 heavy (non-hydrogen) atoms. The number of fused-ring (bicyclic) bond motifs is 1. The lowest BCUT2D eigenvalue weighted by Crippen LogP contribution is -2.52. The molecule has 2 unspecified atom stereocenters. The molecular formula is C21H31NO. The predicted molar refractivity (Wildman–Crippen MR) is 95.0 cm³/mol. The van der Waals surface area contributed by atoms with Gasteiger partial charge < -0.3 is 9.64 Å². The summed E-state index contributed by atoms with van der Waals surface area (Å²) in [6.45, 7) is 3.99. The average molecular weight is 313 g/mol. The van der Waals surface area contributed by atoms with Crippen molar-refractivity contribution in [3.8, 4) is 5.75 Å². The molecule has 3 fully saturated rings. The van der Waals surface area contributed by atoms with E-state index < -0.39 is 0 Å². The second-order valence-electron chi connectivity index (χ2n) is 8.14. The first-order chi connectivity index (χ1) is 11.3. The first kappa shape index (κ1) is 15.5. The Labute approximate surface area is 141 Å². The molecule has 4 rings (SSSR count). The van der Waals surface area contributed by atoms with Crippen molar-refractivity contribution >= 4 is 0 Å². The third-order valence-corrected chi connectivity index (χ3v) is 6.95. The van der Waals surface area contributed by atoms with Crippen LogP contribution in [0, 0.1) is 11.8 Å². The molecule has 2 aliphatic carbocycles. The van der Waals surface area contributed by atoms with Crippen molar-refractivity contribution in [2.24, 2.45) is 11.8 Å². The SMILES string of the molecule is COc1cccc(C23CCCCC2CN(CC2CCC2)CC3)c1. The summed E-state index contributed by atoms with van der Waals surface area (Å²) in [4.78, 5) is 2.79. The highest BCUT2D eigenvalue weighted by Gasteiger charge is 2.45. The third kappa shape index (κ3) is 2.91. The summed E-state index contributed by atoms with van der Waals surface area (Å²) in [6, 6.07) is 8.96. The largest absolute Gasteiger partial charge is 0.497 e. The Balaban J connectivity index is 1.55. The molecule has 1 aromatic carbocycles. The second kappa shape index (κ2) is 6.47. The van der Waals surface area contributed by atoms with Gasteiger partial charge in [0.15, 0.2) is 0 Å². The fraction of sp³-hybridized carbons (Fsp3) is 0.714. The van der Waals surface area contributed by atoms with Crippen molar-refractivity contribution in [3.05, 3.63) is 29.8 Å². The van der Waals surface area contributed by atoms with Crippen LogP contribution in [0.4, 0.5) is 0 Å². The van der Waals surface area contributed by atoms with Crippen LogP contribution in [-0.2, 0) is 5.41 Å². The molecule has 0 aromatic heterocycles. The van der Waals surface area contributed by atoms with Crippen molar-refractivity contribution in [2.45, 2.75) is 56.8 Å². The number of nitrogens with zero attached hydrogens (tertiary/aromatic N) is 1. The van der Waals surface area contributed by atoms with E-state index in [0.717, 1.165) is 17.6 Å². The van der Waals surface area contributed by atoms with E-state index in [1.807, 2.05) is 0 Å². The van der Waals surface area contributed by atoms with E-state index >= 15 is 0 Å². The fourth-order valence-corrected chi connectivity index (χ4v) is 5.33. The standard InChI is InChI=1S/C21H31NO/c1-23-20-10-5-9-18(14-20)21-11-3-2-8-19(21)16-22(13-12-21)15-17-6-4-7-17/h5,9-10,14,17,19H,2-4,6-8,11-13,15-16H2,1H3. The molecule has 1 aliphatic heterocycles. The van der Waals surface area contributed by atoms with Crippen molar-refractivity contribution in [1.82, 2.24) is 4.90 Å². The van der Waals surface area contributed by atoms with Gasteiger partial charge in [-0.15, -0.1) is 0 Å². The Morgan fingerprint density at radius 2 is 2.04 bits per heavy atom. The van der Waals surface area contributed by atoms with Crippen molar-refractivity contribution in [3.63, 3.8) is 0 Å². The normalized spacial score (nSPS) is 32.1. The average Bonchev–Trinajstić information content (AvgIpc) is 2.58. The number of benzene rings is 1. The maximum Gasteiger partial charge on any atom is 0.119 e. The number of hydrogen-bond donors (Lipinski definition) is 0. The monoisotopic (exact) mass is 313 g/mol. The molecule has 2 saturated carbocycles. The lowest BCUT2D eigenvalue weighted by molar-refractivity contribution is 0.0392. The van der Waals surface area contributed by atoms with Crippen LogP contribution in [0.25, 0.3) is 0 Å². The minimum atomic E-state index is 0.420. The van der Waals surface area contributed by atoms with Gasteiger partial charge in [-0.25, -0.2) is 0 Å². The van der Waals surface area contributed by atoms with E-state index in [4.69, 9.17) is 4.74 Å². The zero-order chi connectivity index (χ0) is 15.7. The first-order valence-electron chi connectivity index (χ1n) is 9.67. The molecule has 2 nitrogen and oxygen atoms in total. The Morgan fingerprint density at radius 3 is 2.83 bits per heavy atom. The van der Waals surface area contributed by atoms with E-state index in [-0.39, 0.29) is 0 Å². The smallest absolute Gasteiger partial charge is 0.119 e. The Bertz CT molecular complexity index is 538. The molecule has 1 aromatic rings. The molecule has 1 heterocycles. The number of rotatable bonds is 4. The molecule has 0 N–H and O–H groups in total. The summed E-state index contributed by atoms with van der Waals surface area (Å²) in [6.07, 6.45) is 11.4. The summed E-state index contributed by atoms with van der Waals surface area (Å²) >= 11 is 0. The van der Waals surface area contributed by atoms with Gasteiger partial charge >= 0.3 is 0 Å². The van der Waals surface area contributed by atoms with Gasteiger partial charge in [0.2, 0.25) is 0 Å². The van der Waals surface area contributed by atoms with Crippen LogP contribution in [0.2, 0.25) is 0 Å². The molecule has 0 amide bonds. The molecule has 0 radical (unpaired) electrons. The van der Waals surface area contributed by atoms with Crippen LogP contribution in [0.3, 0.4) is 0 Å². The molecule has 126 valence electrons. The van der Waals surface area contributed by atoms with Gasteiger partial charge in [0.05, 0.1) is 7.11 Å². The maximum absolute atomic E-state index is 5.51. The van der Waals surface area contributed by atoms with Crippen molar-refractivity contribution in [2.75, 3.05) is 26.7 Å². The van der Waals surface area contributed by atoms with E-state index in [0.29, 0.717) is 5.41 Å². The molecule has 2 atom stereocenters. The number of piperidine rings is 1. The predicted octanol–water partition coefficient (Wildman–Crippen LogP) is 4.63. The van der Waals surface area contributed by atoms with Gasteiger partial charge in [0, 0.05) is 18.5 Å². The Morgan fingerprint density at radius 1 is 1.13 bits per heavy atom. The van der Waals surface area contributed by atoms with E-state index in [1.54, 1.807) is 12.7 Å². The molecule has 0 bridgehead atoms. The van der Waals surface area contributed by atoms with Crippen LogP contribution >= 0.6 is 0 Å². The molecular weight excluding hydrogens is 282 g/mol. The van der Waals surface area contributed by atoms with Gasteiger partial charge in [0.1, 0.15) is 5.75 Å². The van der Waals surface area contributed by atoms with Crippen LogP contribution in [0.15, 0.2) is 24.3 Å². The fourth-order valence-electron chi connectivity index (χ4n) is 5.33. The zero-order valence-electron chi connectivity index (χ0n) is 14.6. The number of hydrogen-bond acceptors (Lipinski definition) is 2. The molecule has 3 aliphatic rings. The van der Waals surface area contributed by atoms with E-state index in [9.17, 15) is 0 Å². The topological polar surface area (TPSA) is 12.5 Å². The highest BCUT2D eigenvalue weighted by molar-refractivity contribution is 5.35. The van der Waals surface area contributed by atoms with Crippen LogP contribution in [0.5, 0.6) is 5.75 Å². The van der Waals surface area contributed by atoms with E-state index in [1.165, 1.54) is 71.0 Å². The molecule has 0 spiro atoms. The van der Waals surface area contributed by atoms with Gasteiger partial charge in [0.25, 0.3) is 0 Å². The summed E-state index contributed by atoms with van der Waals surface area (Å²) in [5, 5.41) is 0. The third-order valence-electron chi connectivity index (χ3n) is 6.95. The minimum absolute atomic E-state index is 0.420. The van der Waals surface area contributed by atoms with Crippen LogP contribution in [0.1, 0.15) is 56.9 Å². The van der Waals surface area contributed by atoms with Gasteiger partial charge in [-0.2, -0.15) is 0 Å². The van der Waals surface area contributed by atoms with Gasteiger partial charge in [-0.05, 0) is 68.2 Å². The maximum atomic E-state index is 5.51. The summed E-state index contributed by atoms with van der Waals surface area (Å²) < 4.78 is 5.51.